The third-order valence-corrected chi connectivity index (χ3v) is 4.15. The molecule has 1 aromatic rings. The molecular weight excluding hydrogens is 213 g/mol. The van der Waals surface area contributed by atoms with Gasteiger partial charge in [0.25, 0.3) is 0 Å². The molecule has 1 saturated carbocycles. The summed E-state index contributed by atoms with van der Waals surface area (Å²) in [5.74, 6) is 0.426. The Kier molecular flexibility index (Phi) is 3.82. The molecule has 2 heteroatoms. The Hall–Kier alpha value is -0.890. The molecule has 1 aliphatic carbocycles. The van der Waals surface area contributed by atoms with Crippen LogP contribution in [-0.2, 0) is 5.54 Å². The van der Waals surface area contributed by atoms with Gasteiger partial charge >= 0.3 is 0 Å². The Labute approximate surface area is 103 Å². The van der Waals surface area contributed by atoms with E-state index in [1.807, 2.05) is 12.1 Å². The molecule has 1 aliphatic rings. The Morgan fingerprint density at radius 3 is 2.76 bits per heavy atom. The smallest absolute Gasteiger partial charge is 0.128 e. The van der Waals surface area contributed by atoms with Crippen LogP contribution in [0.4, 0.5) is 4.39 Å². The lowest BCUT2D eigenvalue weighted by Gasteiger charge is -2.44. The molecule has 17 heavy (non-hydrogen) atoms. The molecule has 0 saturated heterocycles. The fourth-order valence-corrected chi connectivity index (χ4v) is 3.24. The molecule has 0 bridgehead atoms. The molecule has 1 nitrogen and oxygen atoms in total. The van der Waals surface area contributed by atoms with Crippen LogP contribution < -0.4 is 5.32 Å². The van der Waals surface area contributed by atoms with Crippen LogP contribution in [0.1, 0.15) is 45.1 Å². The first kappa shape index (κ1) is 12.6. The van der Waals surface area contributed by atoms with Gasteiger partial charge in [0, 0.05) is 11.1 Å². The predicted molar refractivity (Wildman–Crippen MR) is 69.4 cm³/mol. The second-order valence-electron chi connectivity index (χ2n) is 5.13. The van der Waals surface area contributed by atoms with Gasteiger partial charge in [-0.15, -0.1) is 0 Å². The molecule has 2 atom stereocenters. The molecular formula is C15H22FN. The number of nitrogens with one attached hydrogen (secondary N) is 1. The number of benzene rings is 1. The van der Waals surface area contributed by atoms with Gasteiger partial charge in [0.2, 0.25) is 0 Å². The molecule has 1 unspecified atom stereocenters. The highest BCUT2D eigenvalue weighted by atomic mass is 19.1. The fourth-order valence-electron chi connectivity index (χ4n) is 3.24. The maximum absolute atomic E-state index is 14.1. The normalized spacial score (nSPS) is 29.2. The zero-order chi connectivity index (χ0) is 12.3. The minimum Gasteiger partial charge on any atom is -0.307 e. The molecule has 0 heterocycles. The zero-order valence-corrected chi connectivity index (χ0v) is 10.8. The Balaban J connectivity index is 2.43. The van der Waals surface area contributed by atoms with Crippen LogP contribution in [-0.4, -0.2) is 6.54 Å². The van der Waals surface area contributed by atoms with Crippen LogP contribution in [0, 0.1) is 11.7 Å². The summed E-state index contributed by atoms with van der Waals surface area (Å²) in [6, 6.07) is 7.24. The maximum Gasteiger partial charge on any atom is 0.128 e. The van der Waals surface area contributed by atoms with E-state index in [1.165, 1.54) is 19.3 Å². The first-order chi connectivity index (χ1) is 8.20. The number of halogens is 1. The third kappa shape index (κ3) is 2.23. The van der Waals surface area contributed by atoms with Crippen molar-refractivity contribution in [3.8, 4) is 0 Å². The highest BCUT2D eigenvalue weighted by Gasteiger charge is 2.40. The molecule has 0 radical (unpaired) electrons. The monoisotopic (exact) mass is 235 g/mol. The molecule has 0 aromatic heterocycles. The van der Waals surface area contributed by atoms with E-state index in [-0.39, 0.29) is 11.4 Å². The van der Waals surface area contributed by atoms with E-state index in [1.54, 1.807) is 12.1 Å². The van der Waals surface area contributed by atoms with Crippen molar-refractivity contribution in [2.45, 2.75) is 45.1 Å². The lowest BCUT2D eigenvalue weighted by atomic mass is 9.69. The predicted octanol–water partition coefficient (Wildman–Crippen LogP) is 3.84. The molecule has 0 amide bonds. The lowest BCUT2D eigenvalue weighted by molar-refractivity contribution is 0.152. The van der Waals surface area contributed by atoms with Gasteiger partial charge < -0.3 is 5.32 Å². The van der Waals surface area contributed by atoms with E-state index in [9.17, 15) is 4.39 Å². The van der Waals surface area contributed by atoms with Crippen molar-refractivity contribution in [1.29, 1.82) is 0 Å². The van der Waals surface area contributed by atoms with Gasteiger partial charge in [0.15, 0.2) is 0 Å². The fraction of sp³-hybridized carbons (Fsp3) is 0.600. The van der Waals surface area contributed by atoms with Crippen LogP contribution >= 0.6 is 0 Å². The van der Waals surface area contributed by atoms with Crippen molar-refractivity contribution in [3.63, 3.8) is 0 Å². The van der Waals surface area contributed by atoms with Crippen molar-refractivity contribution in [2.75, 3.05) is 6.54 Å². The van der Waals surface area contributed by atoms with Crippen molar-refractivity contribution in [1.82, 2.24) is 5.32 Å². The molecule has 1 N–H and O–H groups in total. The van der Waals surface area contributed by atoms with Crippen LogP contribution in [0.25, 0.3) is 0 Å². The molecule has 1 fully saturated rings. The highest BCUT2D eigenvalue weighted by molar-refractivity contribution is 5.28. The van der Waals surface area contributed by atoms with E-state index >= 15 is 0 Å². The van der Waals surface area contributed by atoms with Crippen molar-refractivity contribution >= 4 is 0 Å². The lowest BCUT2D eigenvalue weighted by Crippen LogP contribution is -2.49. The summed E-state index contributed by atoms with van der Waals surface area (Å²) in [4.78, 5) is 0. The number of hydrogen-bond donors (Lipinski definition) is 1. The largest absolute Gasteiger partial charge is 0.307 e. The van der Waals surface area contributed by atoms with Crippen molar-refractivity contribution in [3.05, 3.63) is 35.6 Å². The van der Waals surface area contributed by atoms with E-state index in [2.05, 4.69) is 19.2 Å². The summed E-state index contributed by atoms with van der Waals surface area (Å²) in [6.45, 7) is 5.23. The molecule has 0 spiro atoms. The molecule has 0 aliphatic heterocycles. The van der Waals surface area contributed by atoms with Gasteiger partial charge in [-0.1, -0.05) is 44.9 Å². The summed E-state index contributed by atoms with van der Waals surface area (Å²) in [5, 5.41) is 3.56. The topological polar surface area (TPSA) is 12.0 Å². The Bertz CT molecular complexity index is 373. The molecule has 2 rings (SSSR count). The van der Waals surface area contributed by atoms with Gasteiger partial charge in [-0.3, -0.25) is 0 Å². The average Bonchev–Trinajstić information content (AvgIpc) is 2.33. The van der Waals surface area contributed by atoms with Gasteiger partial charge in [-0.25, -0.2) is 4.39 Å². The number of rotatable bonds is 3. The molecule has 1 aromatic carbocycles. The second kappa shape index (κ2) is 5.18. The average molecular weight is 235 g/mol. The van der Waals surface area contributed by atoms with E-state index in [0.29, 0.717) is 5.92 Å². The van der Waals surface area contributed by atoms with Crippen LogP contribution in [0.3, 0.4) is 0 Å². The summed E-state index contributed by atoms with van der Waals surface area (Å²) in [7, 11) is 0. The van der Waals surface area contributed by atoms with E-state index < -0.39 is 0 Å². The summed E-state index contributed by atoms with van der Waals surface area (Å²) in [6.07, 6.45) is 4.68. The van der Waals surface area contributed by atoms with Gasteiger partial charge in [-0.2, -0.15) is 0 Å². The van der Waals surface area contributed by atoms with Gasteiger partial charge in [-0.05, 0) is 31.4 Å². The van der Waals surface area contributed by atoms with Gasteiger partial charge in [0.05, 0.1) is 0 Å². The first-order valence-electron chi connectivity index (χ1n) is 6.70. The van der Waals surface area contributed by atoms with Crippen LogP contribution in [0.2, 0.25) is 0 Å². The van der Waals surface area contributed by atoms with Crippen molar-refractivity contribution in [2.24, 2.45) is 5.92 Å². The SMILES string of the molecule is CCN[C@]1(c2ccccc2F)CCCCC1C. The highest BCUT2D eigenvalue weighted by Crippen LogP contribution is 2.42. The standard InChI is InChI=1S/C15H22FN/c1-3-17-15(11-7-6-8-12(15)2)13-9-4-5-10-14(13)16/h4-5,9-10,12,17H,3,6-8,11H2,1-2H3/t12?,15-/m1/s1. The van der Waals surface area contributed by atoms with Crippen LogP contribution in [0.15, 0.2) is 24.3 Å². The Morgan fingerprint density at radius 2 is 2.12 bits per heavy atom. The minimum absolute atomic E-state index is 0.0674. The van der Waals surface area contributed by atoms with Gasteiger partial charge in [0.1, 0.15) is 5.82 Å². The molecule has 94 valence electrons. The first-order valence-corrected chi connectivity index (χ1v) is 6.70. The quantitative estimate of drug-likeness (QED) is 0.839. The summed E-state index contributed by atoms with van der Waals surface area (Å²) < 4.78 is 14.1. The minimum atomic E-state index is -0.154. The van der Waals surface area contributed by atoms with E-state index in [4.69, 9.17) is 0 Å². The van der Waals surface area contributed by atoms with Crippen LogP contribution in [0.5, 0.6) is 0 Å². The Morgan fingerprint density at radius 1 is 1.35 bits per heavy atom. The number of hydrogen-bond acceptors (Lipinski definition) is 1. The third-order valence-electron chi connectivity index (χ3n) is 4.15. The zero-order valence-electron chi connectivity index (χ0n) is 10.8. The summed E-state index contributed by atoms with van der Waals surface area (Å²) >= 11 is 0. The maximum atomic E-state index is 14.1. The summed E-state index contributed by atoms with van der Waals surface area (Å²) in [5.41, 5.74) is 0.701. The van der Waals surface area contributed by atoms with E-state index in [0.717, 1.165) is 18.5 Å². The second-order valence-corrected chi connectivity index (χ2v) is 5.13. The van der Waals surface area contributed by atoms with Crippen molar-refractivity contribution < 1.29 is 4.39 Å².